The molecule has 1 heterocycles. The molecule has 0 saturated heterocycles. The first kappa shape index (κ1) is 17.0. The van der Waals surface area contributed by atoms with E-state index in [1.807, 2.05) is 12.1 Å². The molecule has 0 atom stereocenters. The maximum Gasteiger partial charge on any atom is 0.307 e. The van der Waals surface area contributed by atoms with E-state index in [9.17, 15) is 9.59 Å². The lowest BCUT2D eigenvalue weighted by Gasteiger charge is -2.32. The first-order valence-electron chi connectivity index (χ1n) is 8.24. The van der Waals surface area contributed by atoms with Gasteiger partial charge in [0.2, 0.25) is 0 Å². The first-order valence-corrected chi connectivity index (χ1v) is 8.24. The van der Waals surface area contributed by atoms with Crippen molar-refractivity contribution in [2.45, 2.75) is 32.1 Å². The Balaban J connectivity index is 1.76. The van der Waals surface area contributed by atoms with Gasteiger partial charge in [0.25, 0.3) is 5.91 Å². The lowest BCUT2D eigenvalue weighted by atomic mass is 9.79. The maximum absolute atomic E-state index is 12.5. The summed E-state index contributed by atoms with van der Waals surface area (Å²) in [5, 5.41) is 11.6. The number of nitrogens with one attached hydrogen (secondary N) is 1. The highest BCUT2D eigenvalue weighted by Gasteiger charge is 2.29. The molecule has 2 aromatic carbocycles. The standard InChI is InChI=1S/C20H21NO4/c1-20(2)9-10-25-17-8-5-14(12-16(17)20)19(24)21-15-6-3-13(4-7-15)11-18(22)23/h3-8,12H,9-11H2,1-2H3,(H,21,24)(H,22,23). The molecule has 5 heteroatoms. The van der Waals surface area contributed by atoms with Gasteiger partial charge in [-0.1, -0.05) is 26.0 Å². The lowest BCUT2D eigenvalue weighted by molar-refractivity contribution is -0.136. The summed E-state index contributed by atoms with van der Waals surface area (Å²) in [6.45, 7) is 4.99. The number of hydrogen-bond acceptors (Lipinski definition) is 3. The number of amides is 1. The second kappa shape index (κ2) is 6.59. The molecular weight excluding hydrogens is 318 g/mol. The van der Waals surface area contributed by atoms with Crippen LogP contribution in [0.5, 0.6) is 5.75 Å². The molecule has 0 aliphatic carbocycles. The van der Waals surface area contributed by atoms with Crippen LogP contribution in [0.15, 0.2) is 42.5 Å². The predicted octanol–water partition coefficient (Wildman–Crippen LogP) is 3.63. The Labute approximate surface area is 146 Å². The van der Waals surface area contributed by atoms with Crippen molar-refractivity contribution in [2.75, 3.05) is 11.9 Å². The summed E-state index contributed by atoms with van der Waals surface area (Å²) in [4.78, 5) is 23.2. The second-order valence-electron chi connectivity index (χ2n) is 6.91. The van der Waals surface area contributed by atoms with Gasteiger partial charge >= 0.3 is 5.97 Å². The number of aliphatic carboxylic acids is 1. The molecule has 1 amide bonds. The fraction of sp³-hybridized carbons (Fsp3) is 0.300. The number of anilines is 1. The van der Waals surface area contributed by atoms with Crippen molar-refractivity contribution in [3.8, 4) is 5.75 Å². The van der Waals surface area contributed by atoms with E-state index in [1.54, 1.807) is 30.3 Å². The zero-order valence-corrected chi connectivity index (χ0v) is 14.3. The number of hydrogen-bond donors (Lipinski definition) is 2. The third-order valence-corrected chi connectivity index (χ3v) is 4.52. The molecule has 3 rings (SSSR count). The van der Waals surface area contributed by atoms with Crippen LogP contribution in [0.4, 0.5) is 5.69 Å². The summed E-state index contributed by atoms with van der Waals surface area (Å²) in [6.07, 6.45) is 0.879. The Kier molecular flexibility index (Phi) is 4.49. The number of benzene rings is 2. The van der Waals surface area contributed by atoms with Gasteiger partial charge in [0.05, 0.1) is 13.0 Å². The van der Waals surface area contributed by atoms with Gasteiger partial charge in [-0.15, -0.1) is 0 Å². The van der Waals surface area contributed by atoms with E-state index in [0.717, 1.165) is 17.7 Å². The minimum absolute atomic E-state index is 0.0254. The van der Waals surface area contributed by atoms with Crippen LogP contribution in [0.2, 0.25) is 0 Å². The van der Waals surface area contributed by atoms with Gasteiger partial charge in [-0.2, -0.15) is 0 Å². The van der Waals surface area contributed by atoms with Crippen molar-refractivity contribution in [3.05, 3.63) is 59.2 Å². The molecule has 2 N–H and O–H groups in total. The molecule has 0 saturated carbocycles. The summed E-state index contributed by atoms with van der Waals surface area (Å²) in [6, 6.07) is 12.3. The van der Waals surface area contributed by atoms with Crippen LogP contribution in [0.1, 0.15) is 41.8 Å². The maximum atomic E-state index is 12.5. The van der Waals surface area contributed by atoms with Crippen LogP contribution in [0.3, 0.4) is 0 Å². The van der Waals surface area contributed by atoms with Gasteiger partial charge in [-0.3, -0.25) is 9.59 Å². The minimum Gasteiger partial charge on any atom is -0.493 e. The Morgan fingerprint density at radius 2 is 1.88 bits per heavy atom. The largest absolute Gasteiger partial charge is 0.493 e. The Bertz CT molecular complexity index is 809. The predicted molar refractivity (Wildman–Crippen MR) is 95.3 cm³/mol. The number of rotatable bonds is 4. The topological polar surface area (TPSA) is 75.6 Å². The monoisotopic (exact) mass is 339 g/mol. The molecule has 2 aromatic rings. The minimum atomic E-state index is -0.879. The van der Waals surface area contributed by atoms with Gasteiger partial charge in [-0.25, -0.2) is 0 Å². The number of carbonyl (C=O) groups is 2. The normalized spacial score (nSPS) is 15.0. The Morgan fingerprint density at radius 1 is 1.16 bits per heavy atom. The zero-order valence-electron chi connectivity index (χ0n) is 14.3. The molecule has 0 unspecified atom stereocenters. The molecule has 0 aromatic heterocycles. The van der Waals surface area contributed by atoms with Crippen molar-refractivity contribution < 1.29 is 19.4 Å². The molecule has 5 nitrogen and oxygen atoms in total. The van der Waals surface area contributed by atoms with E-state index < -0.39 is 5.97 Å². The number of fused-ring (bicyclic) bond motifs is 1. The molecule has 0 bridgehead atoms. The molecule has 1 aliphatic rings. The summed E-state index contributed by atoms with van der Waals surface area (Å²) in [5.41, 5.74) is 2.92. The van der Waals surface area contributed by atoms with E-state index in [4.69, 9.17) is 9.84 Å². The van der Waals surface area contributed by atoms with Crippen LogP contribution >= 0.6 is 0 Å². The Morgan fingerprint density at radius 3 is 2.56 bits per heavy atom. The van der Waals surface area contributed by atoms with E-state index in [1.165, 1.54) is 0 Å². The number of carbonyl (C=O) groups excluding carboxylic acids is 1. The quantitative estimate of drug-likeness (QED) is 0.892. The fourth-order valence-electron chi connectivity index (χ4n) is 2.96. The Hall–Kier alpha value is -2.82. The fourth-order valence-corrected chi connectivity index (χ4v) is 2.96. The second-order valence-corrected chi connectivity index (χ2v) is 6.91. The van der Waals surface area contributed by atoms with Crippen LogP contribution in [-0.4, -0.2) is 23.6 Å². The molecule has 0 fully saturated rings. The van der Waals surface area contributed by atoms with Crippen molar-refractivity contribution in [2.24, 2.45) is 0 Å². The molecular formula is C20H21NO4. The van der Waals surface area contributed by atoms with Crippen LogP contribution in [0, 0.1) is 0 Å². The third-order valence-electron chi connectivity index (χ3n) is 4.52. The highest BCUT2D eigenvalue weighted by Crippen LogP contribution is 2.38. The van der Waals surface area contributed by atoms with Gasteiger partial charge in [-0.05, 0) is 47.7 Å². The molecule has 25 heavy (non-hydrogen) atoms. The number of ether oxygens (including phenoxy) is 1. The molecule has 130 valence electrons. The van der Waals surface area contributed by atoms with Crippen molar-refractivity contribution in [1.82, 2.24) is 0 Å². The van der Waals surface area contributed by atoms with E-state index in [-0.39, 0.29) is 17.7 Å². The van der Waals surface area contributed by atoms with Gasteiger partial charge in [0, 0.05) is 16.8 Å². The van der Waals surface area contributed by atoms with Crippen molar-refractivity contribution in [1.29, 1.82) is 0 Å². The molecule has 0 radical (unpaired) electrons. The van der Waals surface area contributed by atoms with Crippen molar-refractivity contribution in [3.63, 3.8) is 0 Å². The van der Waals surface area contributed by atoms with E-state index in [2.05, 4.69) is 19.2 Å². The van der Waals surface area contributed by atoms with Crippen LogP contribution in [-0.2, 0) is 16.6 Å². The summed E-state index contributed by atoms with van der Waals surface area (Å²) >= 11 is 0. The summed E-state index contributed by atoms with van der Waals surface area (Å²) in [5.74, 6) is -0.239. The van der Waals surface area contributed by atoms with Crippen molar-refractivity contribution >= 4 is 17.6 Å². The first-order chi connectivity index (χ1) is 11.8. The summed E-state index contributed by atoms with van der Waals surface area (Å²) < 4.78 is 5.68. The number of carboxylic acids is 1. The third kappa shape index (κ3) is 3.82. The van der Waals surface area contributed by atoms with Crippen LogP contribution in [0.25, 0.3) is 0 Å². The SMILES string of the molecule is CC1(C)CCOc2ccc(C(=O)Nc3ccc(CC(=O)O)cc3)cc21. The average molecular weight is 339 g/mol. The van der Waals surface area contributed by atoms with E-state index in [0.29, 0.717) is 23.4 Å². The average Bonchev–Trinajstić information content (AvgIpc) is 2.56. The van der Waals surface area contributed by atoms with Gasteiger partial charge < -0.3 is 15.2 Å². The van der Waals surface area contributed by atoms with Gasteiger partial charge in [0.1, 0.15) is 5.75 Å². The highest BCUT2D eigenvalue weighted by atomic mass is 16.5. The van der Waals surface area contributed by atoms with Crippen LogP contribution < -0.4 is 10.1 Å². The highest BCUT2D eigenvalue weighted by molar-refractivity contribution is 6.04. The zero-order chi connectivity index (χ0) is 18.0. The van der Waals surface area contributed by atoms with Gasteiger partial charge in [0.15, 0.2) is 0 Å². The lowest BCUT2D eigenvalue weighted by Crippen LogP contribution is -2.27. The molecule has 1 aliphatic heterocycles. The smallest absolute Gasteiger partial charge is 0.307 e. The van der Waals surface area contributed by atoms with E-state index >= 15 is 0 Å². The molecule has 0 spiro atoms. The number of carboxylic acid groups (broad SMARTS) is 1. The summed E-state index contributed by atoms with van der Waals surface area (Å²) in [7, 11) is 0.